The summed E-state index contributed by atoms with van der Waals surface area (Å²) in [4.78, 5) is 2.83. The zero-order valence-corrected chi connectivity index (χ0v) is 15.0. The summed E-state index contributed by atoms with van der Waals surface area (Å²) in [6.07, 6.45) is 1.44. The van der Waals surface area contributed by atoms with Gasteiger partial charge in [-0.05, 0) is 50.3 Å². The predicted octanol–water partition coefficient (Wildman–Crippen LogP) is 4.19. The van der Waals surface area contributed by atoms with E-state index in [1.54, 1.807) is 18.2 Å². The highest BCUT2D eigenvalue weighted by atomic mass is 32.1. The van der Waals surface area contributed by atoms with E-state index in [-0.39, 0.29) is 16.7 Å². The lowest BCUT2D eigenvalue weighted by Crippen LogP contribution is -2.11. The molecule has 0 aliphatic carbocycles. The number of rotatable bonds is 3. The molecule has 0 amide bonds. The molecule has 26 heavy (non-hydrogen) atoms. The first-order chi connectivity index (χ1) is 12.4. The molecule has 2 aromatic carbocycles. The molecule has 1 heterocycles. The van der Waals surface area contributed by atoms with Gasteiger partial charge in [0.1, 0.15) is 5.75 Å². The van der Waals surface area contributed by atoms with Crippen molar-refractivity contribution in [3.05, 3.63) is 53.1 Å². The van der Waals surface area contributed by atoms with Gasteiger partial charge in [-0.15, -0.1) is 10.2 Å². The van der Waals surface area contributed by atoms with Crippen LogP contribution in [0.3, 0.4) is 0 Å². The molecule has 0 radical (unpaired) electrons. The van der Waals surface area contributed by atoms with E-state index in [2.05, 4.69) is 25.7 Å². The van der Waals surface area contributed by atoms with Crippen molar-refractivity contribution in [2.75, 3.05) is 0 Å². The third kappa shape index (κ3) is 3.86. The van der Waals surface area contributed by atoms with Crippen molar-refractivity contribution in [3.63, 3.8) is 0 Å². The summed E-state index contributed by atoms with van der Waals surface area (Å²) in [6.45, 7) is 3.87. The normalized spacial score (nSPS) is 11.6. The van der Waals surface area contributed by atoms with Crippen LogP contribution in [0.25, 0.3) is 10.9 Å². The fourth-order valence-corrected chi connectivity index (χ4v) is 2.52. The van der Waals surface area contributed by atoms with Crippen molar-refractivity contribution in [1.29, 1.82) is 0 Å². The number of hydrogen-bond donors (Lipinski definition) is 4. The number of thiocarbonyl (C=S) groups is 1. The number of aromatic hydroxyl groups is 2. The number of azo groups is 1. The van der Waals surface area contributed by atoms with Crippen LogP contribution in [0, 0.1) is 13.8 Å². The van der Waals surface area contributed by atoms with Gasteiger partial charge in [-0.1, -0.05) is 23.3 Å². The standard InChI is InChI=1S/C18H17N5O2S/c1-10-4-6-15(24)12(7-10)9-19-22-18(26)23-21-16-13-8-11(2)3-5-14(13)20-17(16)25/h3-9,20,24-25H,1-2H3,(H,22,26)/b19-9+,23-21?. The number of phenolic OH excluding ortho intramolecular Hbond substituents is 1. The molecule has 8 heteroatoms. The molecule has 3 aromatic rings. The monoisotopic (exact) mass is 367 g/mol. The Kier molecular flexibility index (Phi) is 4.94. The molecule has 7 nitrogen and oxygen atoms in total. The largest absolute Gasteiger partial charge is 0.507 e. The third-order valence-electron chi connectivity index (χ3n) is 3.70. The van der Waals surface area contributed by atoms with Crippen LogP contribution in [0.2, 0.25) is 0 Å². The lowest BCUT2D eigenvalue weighted by molar-refractivity contribution is 0.459. The number of hydrogen-bond acceptors (Lipinski definition) is 5. The first-order valence-corrected chi connectivity index (χ1v) is 8.20. The lowest BCUT2D eigenvalue weighted by atomic mass is 10.1. The van der Waals surface area contributed by atoms with Crippen LogP contribution < -0.4 is 5.43 Å². The highest BCUT2D eigenvalue weighted by Gasteiger charge is 2.10. The van der Waals surface area contributed by atoms with Crippen LogP contribution >= 0.6 is 12.2 Å². The molecule has 4 N–H and O–H groups in total. The maximum Gasteiger partial charge on any atom is 0.234 e. The molecular formula is C18H17N5O2S. The first-order valence-electron chi connectivity index (χ1n) is 7.80. The topological polar surface area (TPSA) is 105 Å². The molecule has 132 valence electrons. The smallest absolute Gasteiger partial charge is 0.234 e. The number of aromatic amines is 1. The number of H-pyrrole nitrogens is 1. The zero-order valence-electron chi connectivity index (χ0n) is 14.2. The second-order valence-electron chi connectivity index (χ2n) is 5.81. The maximum atomic E-state index is 9.99. The van der Waals surface area contributed by atoms with E-state index in [0.717, 1.165) is 22.0 Å². The van der Waals surface area contributed by atoms with Gasteiger partial charge in [0.2, 0.25) is 11.0 Å². The van der Waals surface area contributed by atoms with Crippen LogP contribution in [0.1, 0.15) is 16.7 Å². The van der Waals surface area contributed by atoms with Gasteiger partial charge < -0.3 is 15.2 Å². The molecule has 0 aliphatic rings. The molecule has 0 aliphatic heterocycles. The summed E-state index contributed by atoms with van der Waals surface area (Å²) in [7, 11) is 0. The minimum atomic E-state index is -0.0784. The number of hydrazone groups is 1. The van der Waals surface area contributed by atoms with Crippen LogP contribution in [-0.4, -0.2) is 26.5 Å². The van der Waals surface area contributed by atoms with Crippen molar-refractivity contribution < 1.29 is 10.2 Å². The van der Waals surface area contributed by atoms with Crippen LogP contribution in [-0.2, 0) is 0 Å². The van der Waals surface area contributed by atoms with Crippen molar-refractivity contribution >= 4 is 40.1 Å². The minimum Gasteiger partial charge on any atom is -0.507 e. The number of nitrogens with zero attached hydrogens (tertiary/aromatic N) is 3. The van der Waals surface area contributed by atoms with Crippen molar-refractivity contribution in [1.82, 2.24) is 10.4 Å². The Morgan fingerprint density at radius 2 is 1.85 bits per heavy atom. The number of fused-ring (bicyclic) bond motifs is 1. The molecule has 3 rings (SSSR count). The molecule has 0 saturated heterocycles. The quantitative estimate of drug-likeness (QED) is 0.241. The van der Waals surface area contributed by atoms with Crippen molar-refractivity contribution in [2.45, 2.75) is 13.8 Å². The fraction of sp³-hybridized carbons (Fsp3) is 0.111. The van der Waals surface area contributed by atoms with E-state index in [4.69, 9.17) is 12.2 Å². The molecular weight excluding hydrogens is 350 g/mol. The van der Waals surface area contributed by atoms with Gasteiger partial charge in [0, 0.05) is 10.9 Å². The van der Waals surface area contributed by atoms with E-state index in [0.29, 0.717) is 11.3 Å². The Balaban J connectivity index is 1.72. The van der Waals surface area contributed by atoms with E-state index >= 15 is 0 Å². The Bertz CT molecular complexity index is 1040. The summed E-state index contributed by atoms with van der Waals surface area (Å²) in [6, 6.07) is 10.9. The number of benzene rings is 2. The SMILES string of the molecule is Cc1ccc(O)c(/C=N/NC(=S)N=Nc2c(O)[nH]c3ccc(C)cc23)c1. The minimum absolute atomic E-state index is 0.0230. The van der Waals surface area contributed by atoms with E-state index in [1.807, 2.05) is 32.0 Å². The Labute approximate surface area is 155 Å². The molecule has 0 atom stereocenters. The summed E-state index contributed by atoms with van der Waals surface area (Å²) in [5, 5.41) is 32.3. The lowest BCUT2D eigenvalue weighted by Gasteiger charge is -2.00. The summed E-state index contributed by atoms with van der Waals surface area (Å²) < 4.78 is 0. The van der Waals surface area contributed by atoms with Crippen LogP contribution in [0.15, 0.2) is 51.7 Å². The average Bonchev–Trinajstić information content (AvgIpc) is 2.90. The number of aromatic nitrogens is 1. The Morgan fingerprint density at radius 1 is 1.12 bits per heavy atom. The fourth-order valence-electron chi connectivity index (χ4n) is 2.43. The van der Waals surface area contributed by atoms with E-state index in [1.165, 1.54) is 6.21 Å². The molecule has 0 spiro atoms. The summed E-state index contributed by atoms with van der Waals surface area (Å²) in [5.74, 6) is 0.0399. The highest BCUT2D eigenvalue weighted by molar-refractivity contribution is 7.80. The zero-order chi connectivity index (χ0) is 18.7. The second kappa shape index (κ2) is 7.32. The average molecular weight is 367 g/mol. The highest BCUT2D eigenvalue weighted by Crippen LogP contribution is 2.35. The predicted molar refractivity (Wildman–Crippen MR) is 105 cm³/mol. The first kappa shape index (κ1) is 17.6. The third-order valence-corrected chi connectivity index (χ3v) is 3.87. The van der Waals surface area contributed by atoms with Crippen LogP contribution in [0.5, 0.6) is 11.6 Å². The van der Waals surface area contributed by atoms with E-state index in [9.17, 15) is 10.2 Å². The van der Waals surface area contributed by atoms with Gasteiger partial charge in [0.05, 0.1) is 11.7 Å². The molecule has 0 unspecified atom stereocenters. The maximum absolute atomic E-state index is 9.99. The number of phenols is 1. The van der Waals surface area contributed by atoms with Crippen LogP contribution in [0.4, 0.5) is 5.69 Å². The van der Waals surface area contributed by atoms with E-state index < -0.39 is 0 Å². The Hall–Kier alpha value is -3.26. The van der Waals surface area contributed by atoms with Gasteiger partial charge in [-0.25, -0.2) is 0 Å². The number of aryl methyl sites for hydroxylation is 2. The molecule has 0 saturated carbocycles. The molecule has 0 fully saturated rings. The van der Waals surface area contributed by atoms with Gasteiger partial charge in [0.15, 0.2) is 5.69 Å². The summed E-state index contributed by atoms with van der Waals surface area (Å²) in [5.41, 5.74) is 6.22. The van der Waals surface area contributed by atoms with Crippen molar-refractivity contribution in [3.8, 4) is 11.6 Å². The Morgan fingerprint density at radius 3 is 2.65 bits per heavy atom. The number of nitrogens with one attached hydrogen (secondary N) is 2. The summed E-state index contributed by atoms with van der Waals surface area (Å²) >= 11 is 5.05. The molecule has 1 aromatic heterocycles. The van der Waals surface area contributed by atoms with Gasteiger partial charge in [0.25, 0.3) is 0 Å². The van der Waals surface area contributed by atoms with Crippen molar-refractivity contribution in [2.24, 2.45) is 15.3 Å². The van der Waals surface area contributed by atoms with Gasteiger partial charge in [-0.3, -0.25) is 5.43 Å². The van der Waals surface area contributed by atoms with Gasteiger partial charge >= 0.3 is 0 Å². The molecule has 0 bridgehead atoms. The second-order valence-corrected chi connectivity index (χ2v) is 6.20. The van der Waals surface area contributed by atoms with Gasteiger partial charge in [-0.2, -0.15) is 5.10 Å².